The van der Waals surface area contributed by atoms with E-state index in [4.69, 9.17) is 0 Å². The maximum Gasteiger partial charge on any atom is 0.233 e. The van der Waals surface area contributed by atoms with Gasteiger partial charge in [0.2, 0.25) is 5.91 Å². The van der Waals surface area contributed by atoms with Crippen molar-refractivity contribution >= 4 is 40.8 Å². The number of rotatable bonds is 6. The van der Waals surface area contributed by atoms with E-state index in [-0.39, 0.29) is 16.7 Å². The third-order valence-electron chi connectivity index (χ3n) is 5.73. The second-order valence-electron chi connectivity index (χ2n) is 7.71. The van der Waals surface area contributed by atoms with E-state index >= 15 is 0 Å². The standard InChI is InChI=1S/C17H25N3OS3/c1-3-22-15-19-20-16(24-15)23-10(2)14(21)18-17-7-11-4-12(8-17)6-13(5-11)9-17/h10-13H,3-9H2,1-2H3,(H,18,21)/t10-,11?,12?,13?,17?/m1/s1. The minimum atomic E-state index is -0.106. The highest BCUT2D eigenvalue weighted by atomic mass is 32.2. The molecule has 0 radical (unpaired) electrons. The molecule has 4 aliphatic rings. The summed E-state index contributed by atoms with van der Waals surface area (Å²) in [6, 6.07) is 0. The number of hydrogen-bond donors (Lipinski definition) is 1. The number of aromatic nitrogens is 2. The SMILES string of the molecule is CCSc1nnc(S[C@H](C)C(=O)NC23CC4CC(CC(C4)C2)C3)s1. The molecule has 0 aromatic carbocycles. The Morgan fingerprint density at radius 2 is 1.79 bits per heavy atom. The monoisotopic (exact) mass is 383 g/mol. The molecule has 132 valence electrons. The third kappa shape index (κ3) is 3.49. The van der Waals surface area contributed by atoms with Gasteiger partial charge in [-0.25, -0.2) is 0 Å². The van der Waals surface area contributed by atoms with Crippen LogP contribution in [-0.4, -0.2) is 32.6 Å². The lowest BCUT2D eigenvalue weighted by Gasteiger charge is -2.57. The first-order valence-corrected chi connectivity index (χ1v) is 11.7. The van der Waals surface area contributed by atoms with Crippen LogP contribution in [0.2, 0.25) is 0 Å². The molecule has 4 fully saturated rings. The predicted molar refractivity (Wildman–Crippen MR) is 101 cm³/mol. The van der Waals surface area contributed by atoms with Crippen molar-refractivity contribution in [1.82, 2.24) is 15.5 Å². The molecule has 7 heteroatoms. The van der Waals surface area contributed by atoms with Crippen LogP contribution in [0.4, 0.5) is 0 Å². The lowest BCUT2D eigenvalue weighted by Crippen LogP contribution is -2.60. The van der Waals surface area contributed by atoms with Crippen LogP contribution < -0.4 is 5.32 Å². The maximum atomic E-state index is 12.8. The third-order valence-corrected chi connectivity index (χ3v) is 8.85. The van der Waals surface area contributed by atoms with E-state index in [2.05, 4.69) is 22.4 Å². The van der Waals surface area contributed by atoms with Crippen LogP contribution in [0.1, 0.15) is 52.4 Å². The zero-order valence-corrected chi connectivity index (χ0v) is 16.7. The summed E-state index contributed by atoms with van der Waals surface area (Å²) in [5.74, 6) is 3.76. The molecule has 1 N–H and O–H groups in total. The molecule has 0 aliphatic heterocycles. The number of carbonyl (C=O) groups excluding carboxylic acids is 1. The number of carbonyl (C=O) groups is 1. The zero-order valence-electron chi connectivity index (χ0n) is 14.3. The van der Waals surface area contributed by atoms with Crippen LogP contribution in [0.3, 0.4) is 0 Å². The van der Waals surface area contributed by atoms with Gasteiger partial charge in [-0.3, -0.25) is 4.79 Å². The molecule has 4 bridgehead atoms. The number of amides is 1. The summed E-state index contributed by atoms with van der Waals surface area (Å²) >= 11 is 4.85. The quantitative estimate of drug-likeness (QED) is 0.746. The molecule has 1 atom stereocenters. The minimum absolute atomic E-state index is 0.102. The summed E-state index contributed by atoms with van der Waals surface area (Å²) < 4.78 is 1.90. The van der Waals surface area contributed by atoms with Gasteiger partial charge in [-0.05, 0) is 69.0 Å². The number of nitrogens with one attached hydrogen (secondary N) is 1. The fourth-order valence-corrected chi connectivity index (χ4v) is 8.32. The van der Waals surface area contributed by atoms with Crippen LogP contribution in [0.5, 0.6) is 0 Å². The highest BCUT2D eigenvalue weighted by Gasteiger charge is 2.51. The predicted octanol–water partition coefficient (Wildman–Crippen LogP) is 4.22. The molecule has 4 aliphatic carbocycles. The van der Waals surface area contributed by atoms with Gasteiger partial charge < -0.3 is 5.32 Å². The highest BCUT2D eigenvalue weighted by Crippen LogP contribution is 2.55. The zero-order chi connectivity index (χ0) is 16.7. The van der Waals surface area contributed by atoms with Crippen LogP contribution in [-0.2, 0) is 4.79 Å². The van der Waals surface area contributed by atoms with Crippen molar-refractivity contribution in [3.8, 4) is 0 Å². The van der Waals surface area contributed by atoms with Crippen molar-refractivity contribution in [3.63, 3.8) is 0 Å². The average Bonchev–Trinajstić information content (AvgIpc) is 2.93. The van der Waals surface area contributed by atoms with Gasteiger partial charge in [0.25, 0.3) is 0 Å². The van der Waals surface area contributed by atoms with Crippen molar-refractivity contribution in [2.75, 3.05) is 5.75 Å². The first kappa shape index (κ1) is 17.2. The fraction of sp³-hybridized carbons (Fsp3) is 0.824. The van der Waals surface area contributed by atoms with Crippen LogP contribution in [0.25, 0.3) is 0 Å². The number of thioether (sulfide) groups is 2. The molecular formula is C17H25N3OS3. The number of hydrogen-bond acceptors (Lipinski definition) is 6. The molecule has 1 amide bonds. The number of nitrogens with zero attached hydrogens (tertiary/aromatic N) is 2. The van der Waals surface area contributed by atoms with Gasteiger partial charge >= 0.3 is 0 Å². The van der Waals surface area contributed by atoms with Gasteiger partial charge in [0, 0.05) is 5.54 Å². The van der Waals surface area contributed by atoms with E-state index in [9.17, 15) is 4.79 Å². The van der Waals surface area contributed by atoms with Gasteiger partial charge in [-0.15, -0.1) is 10.2 Å². The van der Waals surface area contributed by atoms with E-state index in [0.717, 1.165) is 32.2 Å². The van der Waals surface area contributed by atoms with E-state index in [1.807, 2.05) is 6.92 Å². The summed E-state index contributed by atoms with van der Waals surface area (Å²) in [6.07, 6.45) is 7.83. The molecule has 24 heavy (non-hydrogen) atoms. The van der Waals surface area contributed by atoms with Crippen molar-refractivity contribution in [1.29, 1.82) is 0 Å². The largest absolute Gasteiger partial charge is 0.350 e. The van der Waals surface area contributed by atoms with Gasteiger partial charge in [0.15, 0.2) is 8.68 Å². The molecule has 5 rings (SSSR count). The van der Waals surface area contributed by atoms with Crippen LogP contribution >= 0.6 is 34.9 Å². The van der Waals surface area contributed by atoms with Crippen LogP contribution in [0.15, 0.2) is 8.68 Å². The lowest BCUT2D eigenvalue weighted by atomic mass is 9.53. The van der Waals surface area contributed by atoms with Gasteiger partial charge in [-0.2, -0.15) is 0 Å². The smallest absolute Gasteiger partial charge is 0.233 e. The minimum Gasteiger partial charge on any atom is -0.350 e. The molecule has 0 unspecified atom stereocenters. The first-order valence-electron chi connectivity index (χ1n) is 9.00. The second kappa shape index (κ2) is 6.80. The van der Waals surface area contributed by atoms with Gasteiger partial charge in [0.05, 0.1) is 5.25 Å². The van der Waals surface area contributed by atoms with E-state index < -0.39 is 0 Å². The Morgan fingerprint density at radius 3 is 2.38 bits per heavy atom. The summed E-state index contributed by atoms with van der Waals surface area (Å²) in [4.78, 5) is 12.8. The fourth-order valence-electron chi connectivity index (χ4n) is 5.26. The molecule has 0 spiro atoms. The Morgan fingerprint density at radius 1 is 1.21 bits per heavy atom. The lowest BCUT2D eigenvalue weighted by molar-refractivity contribution is -0.126. The Labute approximate surface area is 156 Å². The molecule has 4 saturated carbocycles. The summed E-state index contributed by atoms with van der Waals surface area (Å²) in [6.45, 7) is 4.11. The van der Waals surface area contributed by atoms with Crippen LogP contribution in [0, 0.1) is 17.8 Å². The van der Waals surface area contributed by atoms with Crippen molar-refractivity contribution in [2.45, 2.75) is 71.8 Å². The summed E-state index contributed by atoms with van der Waals surface area (Å²) in [5.41, 5.74) is 0.102. The van der Waals surface area contributed by atoms with Gasteiger partial charge in [0.1, 0.15) is 0 Å². The Hall–Kier alpha value is -0.270. The van der Waals surface area contributed by atoms with E-state index in [1.165, 1.54) is 38.5 Å². The molecule has 1 aromatic heterocycles. The van der Waals surface area contributed by atoms with Crippen molar-refractivity contribution in [3.05, 3.63) is 0 Å². The Bertz CT molecular complexity index is 583. The normalized spacial score (nSPS) is 35.2. The van der Waals surface area contributed by atoms with Crippen molar-refractivity contribution < 1.29 is 4.79 Å². The van der Waals surface area contributed by atoms with E-state index in [1.54, 1.807) is 34.9 Å². The molecule has 0 saturated heterocycles. The Kier molecular flexibility index (Phi) is 4.86. The van der Waals surface area contributed by atoms with Crippen molar-refractivity contribution in [2.24, 2.45) is 17.8 Å². The molecular weight excluding hydrogens is 358 g/mol. The molecule has 4 nitrogen and oxygen atoms in total. The average molecular weight is 384 g/mol. The topological polar surface area (TPSA) is 54.9 Å². The summed E-state index contributed by atoms with van der Waals surface area (Å²) in [7, 11) is 0. The highest BCUT2D eigenvalue weighted by molar-refractivity contribution is 8.03. The molecule has 1 heterocycles. The molecule has 1 aromatic rings. The van der Waals surface area contributed by atoms with Gasteiger partial charge in [-0.1, -0.05) is 41.8 Å². The van der Waals surface area contributed by atoms with E-state index in [0.29, 0.717) is 0 Å². The maximum absolute atomic E-state index is 12.8. The second-order valence-corrected chi connectivity index (χ2v) is 11.8. The summed E-state index contributed by atoms with van der Waals surface area (Å²) in [5, 5.41) is 11.8. The Balaban J connectivity index is 1.37. The first-order chi connectivity index (χ1) is 11.5.